The lowest BCUT2D eigenvalue weighted by molar-refractivity contribution is 0.724. The molecule has 9 aromatic carbocycles. The molecule has 56 heavy (non-hydrogen) atoms. The molecule has 1 aliphatic heterocycles. The van der Waals surface area contributed by atoms with Crippen LogP contribution in [0, 0.1) is 0 Å². The number of nitrogens with zero attached hydrogens (tertiary/aromatic N) is 2. The molecular formula is C53H36N2S. The van der Waals surface area contributed by atoms with Gasteiger partial charge in [0, 0.05) is 43.8 Å². The van der Waals surface area contributed by atoms with E-state index in [2.05, 4.69) is 228 Å². The van der Waals surface area contributed by atoms with Crippen molar-refractivity contribution in [1.82, 2.24) is 0 Å². The summed E-state index contributed by atoms with van der Waals surface area (Å²) in [5, 5.41) is 2.51. The molecule has 0 bridgehead atoms. The van der Waals surface area contributed by atoms with Gasteiger partial charge in [-0.05, 0) is 117 Å². The molecule has 9 aromatic rings. The highest BCUT2D eigenvalue weighted by Gasteiger charge is 2.51. The maximum Gasteiger partial charge on any atom is 0.0736 e. The Balaban J connectivity index is 1.22. The van der Waals surface area contributed by atoms with Crippen LogP contribution >= 0.6 is 11.8 Å². The van der Waals surface area contributed by atoms with Gasteiger partial charge in [0.1, 0.15) is 0 Å². The maximum atomic E-state index is 2.47. The summed E-state index contributed by atoms with van der Waals surface area (Å²) in [5.74, 6) is 0. The number of hydrogen-bond donors (Lipinski definition) is 0. The van der Waals surface area contributed by atoms with Gasteiger partial charge in [-0.25, -0.2) is 0 Å². The third kappa shape index (κ3) is 4.98. The van der Waals surface area contributed by atoms with E-state index in [1.165, 1.54) is 59.6 Å². The Morgan fingerprint density at radius 1 is 0.321 bits per heavy atom. The maximum absolute atomic E-state index is 2.47. The van der Waals surface area contributed by atoms with Crippen molar-refractivity contribution in [3.05, 3.63) is 241 Å². The summed E-state index contributed by atoms with van der Waals surface area (Å²) in [4.78, 5) is 7.35. The predicted molar refractivity (Wildman–Crippen MR) is 235 cm³/mol. The van der Waals surface area contributed by atoms with Gasteiger partial charge >= 0.3 is 0 Å². The summed E-state index contributed by atoms with van der Waals surface area (Å²) in [6, 6.07) is 79.9. The molecule has 2 nitrogen and oxygen atoms in total. The monoisotopic (exact) mass is 732 g/mol. The number of hydrogen-bond acceptors (Lipinski definition) is 3. The smallest absolute Gasteiger partial charge is 0.0736 e. The second kappa shape index (κ2) is 13.2. The molecule has 0 fully saturated rings. The summed E-state index contributed by atoms with van der Waals surface area (Å²) in [6.45, 7) is 0. The summed E-state index contributed by atoms with van der Waals surface area (Å²) >= 11 is 1.90. The molecule has 3 heteroatoms. The van der Waals surface area contributed by atoms with E-state index in [4.69, 9.17) is 0 Å². The fourth-order valence-corrected chi connectivity index (χ4v) is 10.4. The summed E-state index contributed by atoms with van der Waals surface area (Å²) in [5.41, 5.74) is 14.1. The van der Waals surface area contributed by atoms with Crippen LogP contribution in [0.2, 0.25) is 0 Å². The highest BCUT2D eigenvalue weighted by atomic mass is 32.2. The normalized spacial score (nSPS) is 14.8. The van der Waals surface area contributed by atoms with Crippen LogP contribution in [0.3, 0.4) is 0 Å². The van der Waals surface area contributed by atoms with Crippen molar-refractivity contribution in [2.75, 3.05) is 9.80 Å². The van der Waals surface area contributed by atoms with Crippen molar-refractivity contribution < 1.29 is 0 Å². The highest BCUT2D eigenvalue weighted by Crippen LogP contribution is 2.65. The Labute approximate surface area is 332 Å². The van der Waals surface area contributed by atoms with Gasteiger partial charge in [-0.2, -0.15) is 0 Å². The Bertz CT molecular complexity index is 2810. The lowest BCUT2D eigenvalue weighted by atomic mass is 9.67. The van der Waals surface area contributed by atoms with E-state index in [0.29, 0.717) is 0 Å². The quantitative estimate of drug-likeness (QED) is 0.168. The molecule has 2 aliphatic rings. The molecule has 0 amide bonds. The van der Waals surface area contributed by atoms with Gasteiger partial charge < -0.3 is 9.80 Å². The average molecular weight is 733 g/mol. The van der Waals surface area contributed by atoms with E-state index in [0.717, 1.165) is 28.4 Å². The first-order valence-corrected chi connectivity index (χ1v) is 20.0. The zero-order valence-corrected chi connectivity index (χ0v) is 31.4. The van der Waals surface area contributed by atoms with Crippen LogP contribution in [-0.2, 0) is 5.41 Å². The Hall–Kier alpha value is -6.81. The fourth-order valence-electron chi connectivity index (χ4n) is 9.16. The van der Waals surface area contributed by atoms with Crippen LogP contribution < -0.4 is 9.80 Å². The molecule has 1 unspecified atom stereocenters. The zero-order valence-electron chi connectivity index (χ0n) is 30.6. The summed E-state index contributed by atoms with van der Waals surface area (Å²) in [6.07, 6.45) is 0. The molecular weight excluding hydrogens is 697 g/mol. The second-order valence-corrected chi connectivity index (χ2v) is 15.6. The molecule has 1 heterocycles. The van der Waals surface area contributed by atoms with Crippen LogP contribution in [0.25, 0.3) is 21.9 Å². The Morgan fingerprint density at radius 2 is 0.821 bits per heavy atom. The topological polar surface area (TPSA) is 6.48 Å². The summed E-state index contributed by atoms with van der Waals surface area (Å²) in [7, 11) is 0. The van der Waals surface area contributed by atoms with E-state index >= 15 is 0 Å². The molecule has 11 rings (SSSR count). The minimum atomic E-state index is -0.552. The van der Waals surface area contributed by atoms with Gasteiger partial charge in [0.2, 0.25) is 0 Å². The molecule has 0 N–H and O–H groups in total. The number of anilines is 6. The van der Waals surface area contributed by atoms with Crippen LogP contribution in [0.1, 0.15) is 22.3 Å². The van der Waals surface area contributed by atoms with E-state index in [9.17, 15) is 0 Å². The molecule has 264 valence electrons. The molecule has 1 spiro atoms. The Morgan fingerprint density at radius 3 is 1.45 bits per heavy atom. The SMILES string of the molecule is c1ccc(N(c2ccccc2)c2ccc3c(c2)Sc2cc4ccccc4cc2C32c3ccccc3-c3c(N(c4ccccc4)c4ccccc4)cccc32)cc1. The van der Waals surface area contributed by atoms with Crippen molar-refractivity contribution in [1.29, 1.82) is 0 Å². The van der Waals surface area contributed by atoms with Crippen LogP contribution in [-0.4, -0.2) is 0 Å². The first kappa shape index (κ1) is 32.6. The van der Waals surface area contributed by atoms with E-state index in [1.807, 2.05) is 11.8 Å². The third-order valence-electron chi connectivity index (χ3n) is 11.4. The average Bonchev–Trinajstić information content (AvgIpc) is 3.56. The highest BCUT2D eigenvalue weighted by molar-refractivity contribution is 7.99. The first-order chi connectivity index (χ1) is 27.8. The van der Waals surface area contributed by atoms with Crippen molar-refractivity contribution in [2.24, 2.45) is 0 Å². The minimum Gasteiger partial charge on any atom is -0.310 e. The predicted octanol–water partition coefficient (Wildman–Crippen LogP) is 14.6. The van der Waals surface area contributed by atoms with Crippen molar-refractivity contribution in [2.45, 2.75) is 15.2 Å². The van der Waals surface area contributed by atoms with E-state index < -0.39 is 5.41 Å². The van der Waals surface area contributed by atoms with Crippen molar-refractivity contribution >= 4 is 56.7 Å². The van der Waals surface area contributed by atoms with Gasteiger partial charge in [0.25, 0.3) is 0 Å². The molecule has 1 atom stereocenters. The first-order valence-electron chi connectivity index (χ1n) is 19.2. The minimum absolute atomic E-state index is 0.552. The van der Waals surface area contributed by atoms with Crippen molar-refractivity contribution in [3.8, 4) is 11.1 Å². The van der Waals surface area contributed by atoms with Crippen LogP contribution in [0.4, 0.5) is 34.1 Å². The summed E-state index contributed by atoms with van der Waals surface area (Å²) < 4.78 is 0. The van der Waals surface area contributed by atoms with Gasteiger partial charge in [-0.15, -0.1) is 0 Å². The van der Waals surface area contributed by atoms with E-state index in [-0.39, 0.29) is 0 Å². The third-order valence-corrected chi connectivity index (χ3v) is 12.6. The number of fused-ring (bicyclic) bond motifs is 10. The van der Waals surface area contributed by atoms with Crippen LogP contribution in [0.15, 0.2) is 228 Å². The molecule has 0 saturated carbocycles. The number of para-hydroxylation sites is 4. The number of rotatable bonds is 6. The largest absolute Gasteiger partial charge is 0.310 e. The van der Waals surface area contributed by atoms with Gasteiger partial charge in [-0.3, -0.25) is 0 Å². The number of benzene rings is 9. The zero-order chi connectivity index (χ0) is 37.1. The molecule has 0 radical (unpaired) electrons. The second-order valence-electron chi connectivity index (χ2n) is 14.5. The van der Waals surface area contributed by atoms with Crippen LogP contribution in [0.5, 0.6) is 0 Å². The fraction of sp³-hybridized carbons (Fsp3) is 0.0189. The Kier molecular flexibility index (Phi) is 7.68. The molecule has 1 aliphatic carbocycles. The van der Waals surface area contributed by atoms with Gasteiger partial charge in [0.15, 0.2) is 0 Å². The molecule has 0 saturated heterocycles. The van der Waals surface area contributed by atoms with Crippen molar-refractivity contribution in [3.63, 3.8) is 0 Å². The molecule has 0 aromatic heterocycles. The lowest BCUT2D eigenvalue weighted by Crippen LogP contribution is -2.32. The van der Waals surface area contributed by atoms with E-state index in [1.54, 1.807) is 0 Å². The standard InChI is InChI=1S/C53H36N2S/c1-5-20-39(21-6-1)54(40-22-7-2-8-23-40)43-32-33-46-51(36-43)56-50-35-38-19-14-13-18-37(38)34-48(50)53(46)45-29-16-15-28-44(45)52-47(53)30-17-31-49(52)55(41-24-9-3-10-25-41)42-26-11-4-12-27-42/h1-36H. The van der Waals surface area contributed by atoms with Gasteiger partial charge in [-0.1, -0.05) is 151 Å². The lowest BCUT2D eigenvalue weighted by Gasteiger charge is -2.40. The van der Waals surface area contributed by atoms with Gasteiger partial charge in [0.05, 0.1) is 11.1 Å².